The van der Waals surface area contributed by atoms with Crippen molar-refractivity contribution in [1.29, 1.82) is 0 Å². The number of amides is 2. The van der Waals surface area contributed by atoms with E-state index in [1.165, 1.54) is 0 Å². The van der Waals surface area contributed by atoms with Crippen molar-refractivity contribution >= 4 is 34.8 Å². The summed E-state index contributed by atoms with van der Waals surface area (Å²) < 4.78 is 5.41. The van der Waals surface area contributed by atoms with Crippen LogP contribution in [-0.4, -0.2) is 18.4 Å². The minimum absolute atomic E-state index is 0.0470. The molecule has 2 amide bonds. The average Bonchev–Trinajstić information content (AvgIpc) is 2.55. The molecule has 2 N–H and O–H groups in total. The molecular formula is C18H17ClN2O3. The summed E-state index contributed by atoms with van der Waals surface area (Å²) in [6.45, 7) is -0.0470. The van der Waals surface area contributed by atoms with Crippen LogP contribution in [0.4, 0.5) is 11.4 Å². The van der Waals surface area contributed by atoms with Crippen molar-refractivity contribution in [2.75, 3.05) is 17.2 Å². The topological polar surface area (TPSA) is 67.4 Å². The first-order valence-corrected chi connectivity index (χ1v) is 8.09. The van der Waals surface area contributed by atoms with Gasteiger partial charge in [-0.15, -0.1) is 0 Å². The van der Waals surface area contributed by atoms with Crippen LogP contribution in [0.5, 0.6) is 5.75 Å². The van der Waals surface area contributed by atoms with E-state index in [1.54, 1.807) is 18.2 Å². The highest BCUT2D eigenvalue weighted by atomic mass is 35.5. The van der Waals surface area contributed by atoms with Gasteiger partial charge in [-0.05, 0) is 42.7 Å². The van der Waals surface area contributed by atoms with Crippen LogP contribution in [-0.2, 0) is 16.0 Å². The standard InChI is InChI=1S/C18H17ClN2O3/c19-13-6-1-4-12(10-13)5-2-9-16(22)20-14-7-3-8-15-18(14)24-11-17(23)21-15/h1,3-4,6-8,10H,2,5,9,11H2,(H,20,22)(H,21,23). The van der Waals surface area contributed by atoms with Crippen molar-refractivity contribution in [3.8, 4) is 5.75 Å². The number of halogens is 1. The summed E-state index contributed by atoms with van der Waals surface area (Å²) in [7, 11) is 0. The molecule has 24 heavy (non-hydrogen) atoms. The molecule has 0 spiro atoms. The molecule has 0 saturated carbocycles. The van der Waals surface area contributed by atoms with Gasteiger partial charge in [-0.25, -0.2) is 0 Å². The largest absolute Gasteiger partial charge is 0.479 e. The minimum Gasteiger partial charge on any atom is -0.479 e. The Labute approximate surface area is 145 Å². The number of ether oxygens (including phenoxy) is 1. The van der Waals surface area contributed by atoms with Gasteiger partial charge in [-0.2, -0.15) is 0 Å². The Hall–Kier alpha value is -2.53. The first kappa shape index (κ1) is 16.3. The molecule has 124 valence electrons. The van der Waals surface area contributed by atoms with Gasteiger partial charge in [0.25, 0.3) is 5.91 Å². The molecule has 1 aliphatic heterocycles. The van der Waals surface area contributed by atoms with Crippen LogP contribution in [0.1, 0.15) is 18.4 Å². The molecule has 1 heterocycles. The molecule has 5 nitrogen and oxygen atoms in total. The highest BCUT2D eigenvalue weighted by Crippen LogP contribution is 2.35. The number of carbonyl (C=O) groups excluding carboxylic acids is 2. The van der Waals surface area contributed by atoms with Crippen LogP contribution in [0.25, 0.3) is 0 Å². The van der Waals surface area contributed by atoms with Crippen molar-refractivity contribution in [3.63, 3.8) is 0 Å². The Balaban J connectivity index is 1.56. The lowest BCUT2D eigenvalue weighted by atomic mass is 10.1. The molecule has 0 unspecified atom stereocenters. The van der Waals surface area contributed by atoms with Gasteiger partial charge >= 0.3 is 0 Å². The summed E-state index contributed by atoms with van der Waals surface area (Å²) >= 11 is 5.95. The molecule has 0 aromatic heterocycles. The average molecular weight is 345 g/mol. The lowest BCUT2D eigenvalue weighted by Gasteiger charge is -2.20. The van der Waals surface area contributed by atoms with Gasteiger partial charge < -0.3 is 15.4 Å². The molecule has 0 atom stereocenters. The van der Waals surface area contributed by atoms with E-state index in [2.05, 4.69) is 10.6 Å². The fraction of sp³-hybridized carbons (Fsp3) is 0.222. The highest BCUT2D eigenvalue weighted by molar-refractivity contribution is 6.30. The van der Waals surface area contributed by atoms with Crippen molar-refractivity contribution < 1.29 is 14.3 Å². The van der Waals surface area contributed by atoms with Crippen molar-refractivity contribution in [2.45, 2.75) is 19.3 Å². The van der Waals surface area contributed by atoms with Crippen molar-refractivity contribution in [3.05, 3.63) is 53.1 Å². The third-order valence-corrected chi connectivity index (χ3v) is 3.90. The van der Waals surface area contributed by atoms with Crippen molar-refractivity contribution in [2.24, 2.45) is 0 Å². The summed E-state index contributed by atoms with van der Waals surface area (Å²) in [5.74, 6) is 0.207. The Morgan fingerprint density at radius 2 is 2.08 bits per heavy atom. The number of rotatable bonds is 5. The summed E-state index contributed by atoms with van der Waals surface area (Å²) in [5, 5.41) is 6.26. The van der Waals surface area contributed by atoms with Gasteiger partial charge in [0.15, 0.2) is 12.4 Å². The molecule has 0 aliphatic carbocycles. The lowest BCUT2D eigenvalue weighted by molar-refractivity contribution is -0.118. The fourth-order valence-electron chi connectivity index (χ4n) is 2.57. The summed E-state index contributed by atoms with van der Waals surface area (Å²) in [6, 6.07) is 12.9. The van der Waals surface area contributed by atoms with Gasteiger partial charge in [-0.1, -0.05) is 29.8 Å². The third-order valence-electron chi connectivity index (χ3n) is 3.67. The number of fused-ring (bicyclic) bond motifs is 1. The monoisotopic (exact) mass is 344 g/mol. The van der Waals surface area contributed by atoms with Crippen LogP contribution < -0.4 is 15.4 Å². The number of hydrogen-bond acceptors (Lipinski definition) is 3. The normalized spacial score (nSPS) is 12.8. The zero-order valence-corrected chi connectivity index (χ0v) is 13.7. The molecule has 0 bridgehead atoms. The number of nitrogens with one attached hydrogen (secondary N) is 2. The van der Waals surface area contributed by atoms with E-state index in [0.717, 1.165) is 18.4 Å². The van der Waals surface area contributed by atoms with Crippen LogP contribution in [0, 0.1) is 0 Å². The predicted molar refractivity (Wildman–Crippen MR) is 93.6 cm³/mol. The van der Waals surface area contributed by atoms with E-state index in [0.29, 0.717) is 28.6 Å². The summed E-state index contributed by atoms with van der Waals surface area (Å²) in [5.41, 5.74) is 2.25. The van der Waals surface area contributed by atoms with Gasteiger partial charge in [-0.3, -0.25) is 9.59 Å². The van der Waals surface area contributed by atoms with Gasteiger partial charge in [0.1, 0.15) is 0 Å². The Morgan fingerprint density at radius 1 is 1.25 bits per heavy atom. The Morgan fingerprint density at radius 3 is 2.92 bits per heavy atom. The first-order valence-electron chi connectivity index (χ1n) is 7.72. The zero-order chi connectivity index (χ0) is 16.9. The first-order chi connectivity index (χ1) is 11.6. The number of aryl methyl sites for hydroxylation is 1. The quantitative estimate of drug-likeness (QED) is 0.870. The second-order valence-corrected chi connectivity index (χ2v) is 5.99. The molecule has 0 saturated heterocycles. The van der Waals surface area contributed by atoms with Gasteiger partial charge in [0, 0.05) is 11.4 Å². The smallest absolute Gasteiger partial charge is 0.262 e. The number of hydrogen-bond donors (Lipinski definition) is 2. The number of benzene rings is 2. The number of anilines is 2. The molecule has 0 radical (unpaired) electrons. The molecule has 6 heteroatoms. The van der Waals surface area contributed by atoms with Crippen LogP contribution in [0.2, 0.25) is 5.02 Å². The van der Waals surface area contributed by atoms with E-state index in [4.69, 9.17) is 16.3 Å². The van der Waals surface area contributed by atoms with E-state index in [9.17, 15) is 9.59 Å². The van der Waals surface area contributed by atoms with E-state index in [1.807, 2.05) is 24.3 Å². The van der Waals surface area contributed by atoms with Gasteiger partial charge in [0.2, 0.25) is 5.91 Å². The minimum atomic E-state index is -0.201. The molecule has 1 aliphatic rings. The van der Waals surface area contributed by atoms with Crippen LogP contribution >= 0.6 is 11.6 Å². The second kappa shape index (κ2) is 7.36. The molecule has 2 aromatic carbocycles. The second-order valence-electron chi connectivity index (χ2n) is 5.55. The maximum atomic E-state index is 12.1. The molecule has 3 rings (SSSR count). The molecule has 2 aromatic rings. The highest BCUT2D eigenvalue weighted by Gasteiger charge is 2.19. The SMILES string of the molecule is O=C(CCCc1cccc(Cl)c1)Nc1cccc2c1OCC(=O)N2. The third kappa shape index (κ3) is 4.06. The predicted octanol–water partition coefficient (Wildman–Crippen LogP) is 3.63. The van der Waals surface area contributed by atoms with E-state index < -0.39 is 0 Å². The van der Waals surface area contributed by atoms with Crippen LogP contribution in [0.3, 0.4) is 0 Å². The Bertz CT molecular complexity index is 777. The summed E-state index contributed by atoms with van der Waals surface area (Å²) in [4.78, 5) is 23.5. The lowest BCUT2D eigenvalue weighted by Crippen LogP contribution is -2.26. The van der Waals surface area contributed by atoms with E-state index >= 15 is 0 Å². The van der Waals surface area contributed by atoms with E-state index in [-0.39, 0.29) is 18.4 Å². The maximum Gasteiger partial charge on any atom is 0.262 e. The molecule has 0 fully saturated rings. The number of carbonyl (C=O) groups is 2. The zero-order valence-electron chi connectivity index (χ0n) is 13.0. The maximum absolute atomic E-state index is 12.1. The van der Waals surface area contributed by atoms with Gasteiger partial charge in [0.05, 0.1) is 11.4 Å². The summed E-state index contributed by atoms with van der Waals surface area (Å²) in [6.07, 6.45) is 1.90. The number of para-hydroxylation sites is 1. The van der Waals surface area contributed by atoms with Crippen LogP contribution in [0.15, 0.2) is 42.5 Å². The Kier molecular flexibility index (Phi) is 5.01. The molecular weight excluding hydrogens is 328 g/mol. The van der Waals surface area contributed by atoms with Crippen molar-refractivity contribution in [1.82, 2.24) is 0 Å². The fourth-order valence-corrected chi connectivity index (χ4v) is 2.78.